The van der Waals surface area contributed by atoms with Crippen molar-refractivity contribution in [2.45, 2.75) is 24.8 Å². The number of aliphatic carboxylic acids is 1. The van der Waals surface area contributed by atoms with Crippen LogP contribution in [-0.2, 0) is 21.3 Å². The summed E-state index contributed by atoms with van der Waals surface area (Å²) in [5, 5.41) is 10.5. The van der Waals surface area contributed by atoms with Gasteiger partial charge in [-0.15, -0.1) is 0 Å². The maximum atomic E-state index is 13.0. The van der Waals surface area contributed by atoms with Crippen LogP contribution in [0.4, 0.5) is 0 Å². The van der Waals surface area contributed by atoms with Gasteiger partial charge < -0.3 is 14.8 Å². The van der Waals surface area contributed by atoms with Gasteiger partial charge >= 0.3 is 5.97 Å². The number of aromatic nitrogens is 3. The normalized spacial score (nSPS) is 12.6. The summed E-state index contributed by atoms with van der Waals surface area (Å²) < 4.78 is 18.5. The summed E-state index contributed by atoms with van der Waals surface area (Å²) in [6.07, 6.45) is 3.22. The van der Waals surface area contributed by atoms with Gasteiger partial charge in [0.15, 0.2) is 5.16 Å². The van der Waals surface area contributed by atoms with Crippen LogP contribution in [0.25, 0.3) is 22.7 Å². The molecule has 0 aliphatic carbocycles. The number of rotatable bonds is 7. The lowest BCUT2D eigenvalue weighted by molar-refractivity contribution is -0.130. The fourth-order valence-corrected chi connectivity index (χ4v) is 4.98. The number of halogens is 1. The summed E-state index contributed by atoms with van der Waals surface area (Å²) in [6.45, 7) is 3.79. The van der Waals surface area contributed by atoms with E-state index in [9.17, 15) is 14.1 Å². The van der Waals surface area contributed by atoms with E-state index in [4.69, 9.17) is 16.3 Å². The van der Waals surface area contributed by atoms with Gasteiger partial charge in [-0.2, -0.15) is 0 Å². The molecule has 0 bridgehead atoms. The lowest BCUT2D eigenvalue weighted by Gasteiger charge is -2.11. The summed E-state index contributed by atoms with van der Waals surface area (Å²) in [5.41, 5.74) is 4.73. The van der Waals surface area contributed by atoms with E-state index in [1.807, 2.05) is 13.8 Å². The van der Waals surface area contributed by atoms with Gasteiger partial charge in [0, 0.05) is 22.3 Å². The van der Waals surface area contributed by atoms with Crippen LogP contribution in [0, 0.1) is 13.8 Å². The second-order valence-corrected chi connectivity index (χ2v) is 9.47. The third kappa shape index (κ3) is 4.73. The number of carbonyl (C=O) groups is 1. The van der Waals surface area contributed by atoms with Crippen LogP contribution in [0.3, 0.4) is 0 Å². The first-order chi connectivity index (χ1) is 16.3. The van der Waals surface area contributed by atoms with Gasteiger partial charge in [-0.1, -0.05) is 35.9 Å². The molecule has 0 aliphatic heterocycles. The summed E-state index contributed by atoms with van der Waals surface area (Å²) >= 11 is 6.20. The third-order valence-corrected chi connectivity index (χ3v) is 6.94. The number of carboxylic acid groups (broad SMARTS) is 1. The van der Waals surface area contributed by atoms with Crippen LogP contribution >= 0.6 is 11.6 Å². The van der Waals surface area contributed by atoms with Gasteiger partial charge in [-0.3, -0.25) is 9.19 Å². The molecule has 7 nitrogen and oxygen atoms in total. The number of aromatic amines is 1. The number of benzene rings is 2. The molecule has 0 radical (unpaired) electrons. The molecule has 34 heavy (non-hydrogen) atoms. The Morgan fingerprint density at radius 3 is 2.71 bits per heavy atom. The van der Waals surface area contributed by atoms with Crippen molar-refractivity contribution in [2.75, 3.05) is 7.11 Å². The molecule has 2 heterocycles. The standard InChI is InChI=1S/C25H22ClN3O4S/c1-14-12-27-22(15(2)23(14)33-3)13-34(32)25-28-20-9-8-16(11-21(20)29-25)18(24(30)31)10-17-6-4-5-7-19(17)26/h4-12H,13H2,1-3H3,(H,28,29)(H,30,31)/b18-10+. The number of nitrogens with one attached hydrogen (secondary N) is 1. The van der Waals surface area contributed by atoms with Gasteiger partial charge in [0.05, 0.1) is 46.0 Å². The highest BCUT2D eigenvalue weighted by atomic mass is 35.5. The Bertz CT molecular complexity index is 1460. The number of pyridine rings is 1. The Labute approximate surface area is 203 Å². The van der Waals surface area contributed by atoms with E-state index in [0.717, 1.165) is 16.9 Å². The van der Waals surface area contributed by atoms with E-state index < -0.39 is 16.8 Å². The second kappa shape index (κ2) is 9.79. The molecule has 4 aromatic rings. The number of imidazole rings is 1. The molecule has 0 saturated heterocycles. The highest BCUT2D eigenvalue weighted by Crippen LogP contribution is 2.28. The number of hydrogen-bond acceptors (Lipinski definition) is 5. The minimum Gasteiger partial charge on any atom is -0.496 e. The van der Waals surface area contributed by atoms with E-state index in [2.05, 4.69) is 15.0 Å². The number of H-pyrrole nitrogens is 1. The fraction of sp³-hybridized carbons (Fsp3) is 0.160. The minimum atomic E-state index is -1.49. The first-order valence-electron chi connectivity index (χ1n) is 10.4. The third-order valence-electron chi connectivity index (χ3n) is 5.44. The molecule has 174 valence electrons. The first kappa shape index (κ1) is 23.7. The fourth-order valence-electron chi connectivity index (χ4n) is 3.69. The highest BCUT2D eigenvalue weighted by molar-refractivity contribution is 7.84. The number of ether oxygens (including phenoxy) is 1. The van der Waals surface area contributed by atoms with Crippen molar-refractivity contribution in [2.24, 2.45) is 0 Å². The van der Waals surface area contributed by atoms with Crippen molar-refractivity contribution in [3.63, 3.8) is 0 Å². The molecule has 0 spiro atoms. The SMILES string of the molecule is COc1c(C)cnc(CS(=O)c2nc3ccc(/C(=C\c4ccccc4Cl)C(=O)O)cc3[nH]2)c1C. The Morgan fingerprint density at radius 1 is 1.24 bits per heavy atom. The van der Waals surface area contributed by atoms with Crippen LogP contribution in [0.15, 0.2) is 53.8 Å². The van der Waals surface area contributed by atoms with Crippen LogP contribution in [0.1, 0.15) is 27.9 Å². The van der Waals surface area contributed by atoms with Gasteiger partial charge in [-0.05, 0) is 49.2 Å². The zero-order chi connectivity index (χ0) is 24.4. The van der Waals surface area contributed by atoms with Crippen molar-refractivity contribution < 1.29 is 18.8 Å². The van der Waals surface area contributed by atoms with Crippen LogP contribution in [0.5, 0.6) is 5.75 Å². The largest absolute Gasteiger partial charge is 0.496 e. The summed E-state index contributed by atoms with van der Waals surface area (Å²) in [5.74, 6) is -0.192. The maximum Gasteiger partial charge on any atom is 0.336 e. The first-order valence-corrected chi connectivity index (χ1v) is 12.0. The van der Waals surface area contributed by atoms with E-state index in [-0.39, 0.29) is 11.3 Å². The molecule has 0 saturated carbocycles. The molecular weight excluding hydrogens is 474 g/mol. The predicted molar refractivity (Wildman–Crippen MR) is 133 cm³/mol. The molecular formula is C25H22ClN3O4S. The quantitative estimate of drug-likeness (QED) is 0.270. The maximum absolute atomic E-state index is 13.0. The molecule has 0 amide bonds. The van der Waals surface area contributed by atoms with E-state index in [1.165, 1.54) is 6.08 Å². The average Bonchev–Trinajstić information content (AvgIpc) is 3.24. The monoisotopic (exact) mass is 495 g/mol. The lowest BCUT2D eigenvalue weighted by atomic mass is 10.0. The zero-order valence-electron chi connectivity index (χ0n) is 18.8. The van der Waals surface area contributed by atoms with Gasteiger partial charge in [-0.25, -0.2) is 9.78 Å². The molecule has 1 atom stereocenters. The topological polar surface area (TPSA) is 105 Å². The van der Waals surface area contributed by atoms with Crippen LogP contribution < -0.4 is 4.74 Å². The number of aryl methyl sites for hydroxylation is 1. The van der Waals surface area contributed by atoms with Crippen LogP contribution in [-0.4, -0.2) is 37.3 Å². The molecule has 2 N–H and O–H groups in total. The van der Waals surface area contributed by atoms with Crippen molar-refractivity contribution in [1.29, 1.82) is 0 Å². The molecule has 9 heteroatoms. The molecule has 0 fully saturated rings. The lowest BCUT2D eigenvalue weighted by Crippen LogP contribution is -2.05. The molecule has 0 aliphatic rings. The molecule has 2 aromatic carbocycles. The minimum absolute atomic E-state index is 0.0823. The smallest absolute Gasteiger partial charge is 0.336 e. The van der Waals surface area contributed by atoms with Crippen LogP contribution in [0.2, 0.25) is 5.02 Å². The Kier molecular flexibility index (Phi) is 6.81. The zero-order valence-corrected chi connectivity index (χ0v) is 20.3. The summed E-state index contributed by atoms with van der Waals surface area (Å²) in [4.78, 5) is 23.9. The van der Waals surface area contributed by atoms with Crippen molar-refractivity contribution in [3.8, 4) is 5.75 Å². The highest BCUT2D eigenvalue weighted by Gasteiger charge is 2.18. The molecule has 1 unspecified atom stereocenters. The van der Waals surface area contributed by atoms with Gasteiger partial charge in [0.2, 0.25) is 0 Å². The molecule has 4 rings (SSSR count). The Hall–Kier alpha value is -3.49. The number of carboxylic acids is 1. The second-order valence-electron chi connectivity index (χ2n) is 7.69. The van der Waals surface area contributed by atoms with Crippen molar-refractivity contribution >= 4 is 51.1 Å². The van der Waals surface area contributed by atoms with E-state index in [0.29, 0.717) is 38.0 Å². The number of nitrogens with zero attached hydrogens (tertiary/aromatic N) is 2. The van der Waals surface area contributed by atoms with E-state index in [1.54, 1.807) is 55.8 Å². The predicted octanol–water partition coefficient (Wildman–Crippen LogP) is 5.17. The number of methoxy groups -OCH3 is 1. The van der Waals surface area contributed by atoms with Gasteiger partial charge in [0.25, 0.3) is 0 Å². The van der Waals surface area contributed by atoms with Crippen molar-refractivity contribution in [1.82, 2.24) is 15.0 Å². The summed E-state index contributed by atoms with van der Waals surface area (Å²) in [7, 11) is 0.108. The summed E-state index contributed by atoms with van der Waals surface area (Å²) in [6, 6.07) is 12.1. The van der Waals surface area contributed by atoms with E-state index >= 15 is 0 Å². The number of hydrogen-bond donors (Lipinski definition) is 2. The number of fused-ring (bicyclic) bond motifs is 1. The molecule has 2 aromatic heterocycles. The van der Waals surface area contributed by atoms with Gasteiger partial charge in [0.1, 0.15) is 5.75 Å². The van der Waals surface area contributed by atoms with Crippen molar-refractivity contribution in [3.05, 3.63) is 81.6 Å². The Morgan fingerprint density at radius 2 is 2.00 bits per heavy atom. The Balaban J connectivity index is 1.66. The average molecular weight is 496 g/mol.